The number of hydrogen-bond acceptors (Lipinski definition) is 3. The molecule has 0 aliphatic carbocycles. The van der Waals surface area contributed by atoms with Gasteiger partial charge >= 0.3 is 6.18 Å². The third-order valence-electron chi connectivity index (χ3n) is 5.23. The quantitative estimate of drug-likeness (QED) is 0.651. The molecule has 1 saturated heterocycles. The topological polar surface area (TPSA) is 41.4 Å². The SMILES string of the molecule is O=C(c1ccc(C(F)(F)F)cc1)N1CCN(Cc2ccc(-n3cccn3)cc2)CC1. The molecule has 1 aliphatic heterocycles. The largest absolute Gasteiger partial charge is 0.416 e. The van der Waals surface area contributed by atoms with Crippen LogP contribution in [0.4, 0.5) is 13.2 Å². The Bertz CT molecular complexity index is 975. The number of halogens is 3. The second-order valence-electron chi connectivity index (χ2n) is 7.26. The van der Waals surface area contributed by atoms with Gasteiger partial charge in [0.2, 0.25) is 0 Å². The van der Waals surface area contributed by atoms with Crippen LogP contribution in [-0.2, 0) is 12.7 Å². The molecule has 4 rings (SSSR count). The second-order valence-corrected chi connectivity index (χ2v) is 7.26. The number of alkyl halides is 3. The lowest BCUT2D eigenvalue weighted by Gasteiger charge is -2.34. The van der Waals surface area contributed by atoms with Gasteiger partial charge in [0.25, 0.3) is 5.91 Å². The van der Waals surface area contributed by atoms with Crippen LogP contribution in [0.1, 0.15) is 21.5 Å². The highest BCUT2D eigenvalue weighted by Crippen LogP contribution is 2.29. The normalized spacial score (nSPS) is 15.4. The standard InChI is InChI=1S/C22H21F3N4O/c23-22(24,25)19-6-4-18(5-7-19)21(30)28-14-12-27(13-15-28)16-17-2-8-20(9-3-17)29-11-1-10-26-29/h1-11H,12-16H2. The van der Waals surface area contributed by atoms with E-state index in [-0.39, 0.29) is 11.5 Å². The van der Waals surface area contributed by atoms with Crippen LogP contribution in [0, 0.1) is 0 Å². The first-order valence-electron chi connectivity index (χ1n) is 9.68. The predicted octanol–water partition coefficient (Wildman–Crippen LogP) is 3.85. The maximum absolute atomic E-state index is 12.7. The van der Waals surface area contributed by atoms with Crippen LogP contribution in [-0.4, -0.2) is 51.7 Å². The molecule has 30 heavy (non-hydrogen) atoms. The van der Waals surface area contributed by atoms with Crippen molar-refractivity contribution in [1.29, 1.82) is 0 Å². The van der Waals surface area contributed by atoms with E-state index in [1.54, 1.807) is 15.8 Å². The summed E-state index contributed by atoms with van der Waals surface area (Å²) < 4.78 is 39.9. The van der Waals surface area contributed by atoms with Crippen LogP contribution in [0.25, 0.3) is 5.69 Å². The summed E-state index contributed by atoms with van der Waals surface area (Å²) in [6.45, 7) is 3.30. The molecular weight excluding hydrogens is 393 g/mol. The number of carbonyl (C=O) groups excluding carboxylic acids is 1. The van der Waals surface area contributed by atoms with Crippen molar-refractivity contribution in [3.63, 3.8) is 0 Å². The first kappa shape index (κ1) is 20.2. The van der Waals surface area contributed by atoms with E-state index in [0.717, 1.165) is 24.4 Å². The third kappa shape index (κ3) is 4.54. The Hall–Kier alpha value is -3.13. The fraction of sp³-hybridized carbons (Fsp3) is 0.273. The molecule has 2 aromatic carbocycles. The Kier molecular flexibility index (Phi) is 5.59. The Morgan fingerprint density at radius 2 is 1.60 bits per heavy atom. The van der Waals surface area contributed by atoms with Crippen molar-refractivity contribution in [1.82, 2.24) is 19.6 Å². The van der Waals surface area contributed by atoms with Gasteiger partial charge in [-0.2, -0.15) is 18.3 Å². The molecule has 3 aromatic rings. The van der Waals surface area contributed by atoms with E-state index in [0.29, 0.717) is 26.2 Å². The van der Waals surface area contributed by atoms with Crippen molar-refractivity contribution in [3.8, 4) is 5.69 Å². The Morgan fingerprint density at radius 1 is 0.933 bits per heavy atom. The zero-order valence-corrected chi connectivity index (χ0v) is 16.2. The maximum Gasteiger partial charge on any atom is 0.416 e. The maximum atomic E-state index is 12.7. The fourth-order valence-electron chi connectivity index (χ4n) is 3.53. The summed E-state index contributed by atoms with van der Waals surface area (Å²) in [5.41, 5.74) is 1.71. The minimum absolute atomic E-state index is 0.230. The average Bonchev–Trinajstić information content (AvgIpc) is 3.29. The monoisotopic (exact) mass is 414 g/mol. The molecule has 0 radical (unpaired) electrons. The van der Waals surface area contributed by atoms with Gasteiger partial charge in [-0.05, 0) is 48.0 Å². The van der Waals surface area contributed by atoms with Gasteiger partial charge in [0.15, 0.2) is 0 Å². The lowest BCUT2D eigenvalue weighted by Crippen LogP contribution is -2.48. The zero-order chi connectivity index (χ0) is 21.1. The number of rotatable bonds is 4. The van der Waals surface area contributed by atoms with Crippen LogP contribution < -0.4 is 0 Å². The second kappa shape index (κ2) is 8.31. The van der Waals surface area contributed by atoms with Crippen molar-refractivity contribution >= 4 is 5.91 Å². The molecule has 8 heteroatoms. The highest BCUT2D eigenvalue weighted by molar-refractivity contribution is 5.94. The molecule has 156 valence electrons. The molecule has 2 heterocycles. The molecule has 1 amide bonds. The summed E-state index contributed by atoms with van der Waals surface area (Å²) in [5.74, 6) is -0.230. The summed E-state index contributed by atoms with van der Waals surface area (Å²) in [5, 5.41) is 4.21. The van der Waals surface area contributed by atoms with Gasteiger partial charge in [-0.1, -0.05) is 12.1 Å². The number of hydrogen-bond donors (Lipinski definition) is 0. The molecule has 0 unspecified atom stereocenters. The molecule has 1 aromatic heterocycles. The van der Waals surface area contributed by atoms with E-state index in [2.05, 4.69) is 22.1 Å². The molecule has 0 N–H and O–H groups in total. The van der Waals surface area contributed by atoms with Crippen molar-refractivity contribution in [3.05, 3.63) is 83.7 Å². The highest BCUT2D eigenvalue weighted by atomic mass is 19.4. The lowest BCUT2D eigenvalue weighted by atomic mass is 10.1. The number of piperazine rings is 1. The van der Waals surface area contributed by atoms with Crippen molar-refractivity contribution in [2.75, 3.05) is 26.2 Å². The summed E-state index contributed by atoms with van der Waals surface area (Å²) in [6.07, 6.45) is -0.773. The van der Waals surface area contributed by atoms with E-state index in [4.69, 9.17) is 0 Å². The number of nitrogens with zero attached hydrogens (tertiary/aromatic N) is 4. The first-order chi connectivity index (χ1) is 14.4. The third-order valence-corrected chi connectivity index (χ3v) is 5.23. The van der Waals surface area contributed by atoms with Gasteiger partial charge in [-0.3, -0.25) is 9.69 Å². The zero-order valence-electron chi connectivity index (χ0n) is 16.2. The smallest absolute Gasteiger partial charge is 0.336 e. The molecule has 0 bridgehead atoms. The predicted molar refractivity (Wildman–Crippen MR) is 106 cm³/mol. The van der Waals surface area contributed by atoms with Gasteiger partial charge in [0.1, 0.15) is 0 Å². The summed E-state index contributed by atoms with van der Waals surface area (Å²) in [4.78, 5) is 16.6. The Balaban J connectivity index is 1.31. The van der Waals surface area contributed by atoms with Gasteiger partial charge in [0.05, 0.1) is 11.3 Å². The van der Waals surface area contributed by atoms with Crippen LogP contribution in [0.3, 0.4) is 0 Å². The van der Waals surface area contributed by atoms with E-state index >= 15 is 0 Å². The van der Waals surface area contributed by atoms with Crippen LogP contribution in [0.2, 0.25) is 0 Å². The Morgan fingerprint density at radius 3 is 2.17 bits per heavy atom. The fourth-order valence-corrected chi connectivity index (χ4v) is 3.53. The van der Waals surface area contributed by atoms with E-state index in [1.165, 1.54) is 17.7 Å². The van der Waals surface area contributed by atoms with Gasteiger partial charge in [0, 0.05) is 50.7 Å². The van der Waals surface area contributed by atoms with E-state index < -0.39 is 11.7 Å². The average molecular weight is 414 g/mol. The minimum Gasteiger partial charge on any atom is -0.336 e. The lowest BCUT2D eigenvalue weighted by molar-refractivity contribution is -0.137. The van der Waals surface area contributed by atoms with E-state index in [1.807, 2.05) is 24.4 Å². The number of amides is 1. The van der Waals surface area contributed by atoms with Gasteiger partial charge in [-0.25, -0.2) is 4.68 Å². The molecular formula is C22H21F3N4O. The van der Waals surface area contributed by atoms with Crippen molar-refractivity contribution in [2.24, 2.45) is 0 Å². The summed E-state index contributed by atoms with van der Waals surface area (Å²) >= 11 is 0. The van der Waals surface area contributed by atoms with Crippen LogP contribution >= 0.6 is 0 Å². The van der Waals surface area contributed by atoms with Crippen molar-refractivity contribution in [2.45, 2.75) is 12.7 Å². The molecule has 1 fully saturated rings. The molecule has 5 nitrogen and oxygen atoms in total. The molecule has 0 spiro atoms. The summed E-state index contributed by atoms with van der Waals surface area (Å²) in [7, 11) is 0. The van der Waals surface area contributed by atoms with Crippen molar-refractivity contribution < 1.29 is 18.0 Å². The molecule has 0 saturated carbocycles. The summed E-state index contributed by atoms with van der Waals surface area (Å²) in [6, 6.07) is 14.5. The minimum atomic E-state index is -4.40. The Labute approximate surface area is 172 Å². The van der Waals surface area contributed by atoms with Gasteiger partial charge < -0.3 is 4.90 Å². The van der Waals surface area contributed by atoms with E-state index in [9.17, 15) is 18.0 Å². The number of benzene rings is 2. The first-order valence-corrected chi connectivity index (χ1v) is 9.68. The highest BCUT2D eigenvalue weighted by Gasteiger charge is 2.30. The van der Waals surface area contributed by atoms with Gasteiger partial charge in [-0.15, -0.1) is 0 Å². The number of carbonyl (C=O) groups is 1. The van der Waals surface area contributed by atoms with Crippen LogP contribution in [0.15, 0.2) is 67.0 Å². The molecule has 0 atom stereocenters. The molecule has 1 aliphatic rings. The number of aromatic nitrogens is 2. The van der Waals surface area contributed by atoms with Crippen LogP contribution in [0.5, 0.6) is 0 Å².